The van der Waals surface area contributed by atoms with E-state index in [1.807, 2.05) is 73.8 Å². The molecule has 152 valence electrons. The highest BCUT2D eigenvalue weighted by Crippen LogP contribution is 2.18. The Bertz CT molecular complexity index is 955. The second kappa shape index (κ2) is 10.1. The van der Waals surface area contributed by atoms with Crippen molar-refractivity contribution in [3.8, 4) is 0 Å². The summed E-state index contributed by atoms with van der Waals surface area (Å²) in [6.45, 7) is 4.08. The predicted molar refractivity (Wildman–Crippen MR) is 117 cm³/mol. The summed E-state index contributed by atoms with van der Waals surface area (Å²) in [5.41, 5.74) is 3.95. The van der Waals surface area contributed by atoms with Crippen molar-refractivity contribution in [1.82, 2.24) is 9.47 Å². The third-order valence-electron chi connectivity index (χ3n) is 4.70. The second-order valence-corrected chi connectivity index (χ2v) is 7.34. The standard InChI is InChI=1S/C23H26ClN3O2/c1-18-7-5-9-20(15-18)25-23(28)27(13-14-29-2)17-21-10-6-12-26(21)16-19-8-3-4-11-22(19)24/h3-12,15H,13-14,16-17H2,1-2H3,(H,25,28). The zero-order valence-electron chi connectivity index (χ0n) is 16.8. The van der Waals surface area contributed by atoms with Crippen LogP contribution in [0.25, 0.3) is 0 Å². The molecule has 1 N–H and O–H groups in total. The van der Waals surface area contributed by atoms with Crippen molar-refractivity contribution in [3.63, 3.8) is 0 Å². The van der Waals surface area contributed by atoms with E-state index in [1.165, 1.54) is 0 Å². The van der Waals surface area contributed by atoms with Gasteiger partial charge in [0.2, 0.25) is 0 Å². The molecule has 0 saturated heterocycles. The van der Waals surface area contributed by atoms with E-state index in [0.717, 1.165) is 27.5 Å². The summed E-state index contributed by atoms with van der Waals surface area (Å²) in [5, 5.41) is 3.72. The first kappa shape index (κ1) is 21.0. The Morgan fingerprint density at radius 2 is 1.97 bits per heavy atom. The number of hydrogen-bond acceptors (Lipinski definition) is 2. The highest BCUT2D eigenvalue weighted by molar-refractivity contribution is 6.31. The van der Waals surface area contributed by atoms with E-state index < -0.39 is 0 Å². The van der Waals surface area contributed by atoms with Crippen molar-refractivity contribution >= 4 is 23.3 Å². The van der Waals surface area contributed by atoms with Crippen molar-refractivity contribution < 1.29 is 9.53 Å². The summed E-state index contributed by atoms with van der Waals surface area (Å²) in [6, 6.07) is 19.4. The Labute approximate surface area is 176 Å². The number of nitrogens with zero attached hydrogens (tertiary/aromatic N) is 2. The lowest BCUT2D eigenvalue weighted by molar-refractivity contribution is 0.152. The van der Waals surface area contributed by atoms with Gasteiger partial charge in [-0.1, -0.05) is 41.9 Å². The van der Waals surface area contributed by atoms with Crippen molar-refractivity contribution in [2.45, 2.75) is 20.0 Å². The molecular weight excluding hydrogens is 386 g/mol. The number of anilines is 1. The lowest BCUT2D eigenvalue weighted by Gasteiger charge is -2.24. The van der Waals surface area contributed by atoms with Crippen LogP contribution >= 0.6 is 11.6 Å². The maximum atomic E-state index is 12.9. The lowest BCUT2D eigenvalue weighted by atomic mass is 10.2. The summed E-state index contributed by atoms with van der Waals surface area (Å²) in [4.78, 5) is 14.7. The van der Waals surface area contributed by atoms with Crippen molar-refractivity contribution in [1.29, 1.82) is 0 Å². The smallest absolute Gasteiger partial charge is 0.322 e. The number of nitrogens with one attached hydrogen (secondary N) is 1. The molecule has 0 aliphatic heterocycles. The van der Waals surface area contributed by atoms with Gasteiger partial charge < -0.3 is 19.5 Å². The minimum absolute atomic E-state index is 0.154. The molecular formula is C23H26ClN3O2. The lowest BCUT2D eigenvalue weighted by Crippen LogP contribution is -2.37. The molecule has 29 heavy (non-hydrogen) atoms. The van der Waals surface area contributed by atoms with E-state index in [4.69, 9.17) is 16.3 Å². The van der Waals surface area contributed by atoms with E-state index in [-0.39, 0.29) is 6.03 Å². The number of aromatic nitrogens is 1. The van der Waals surface area contributed by atoms with Gasteiger partial charge in [-0.05, 0) is 48.4 Å². The highest BCUT2D eigenvalue weighted by Gasteiger charge is 2.16. The second-order valence-electron chi connectivity index (χ2n) is 6.93. The fraction of sp³-hybridized carbons (Fsp3) is 0.261. The van der Waals surface area contributed by atoms with Gasteiger partial charge in [0.1, 0.15) is 0 Å². The third-order valence-corrected chi connectivity index (χ3v) is 5.07. The summed E-state index contributed by atoms with van der Waals surface area (Å²) < 4.78 is 7.32. The molecule has 1 heterocycles. The molecule has 3 aromatic rings. The van der Waals surface area contributed by atoms with E-state index >= 15 is 0 Å². The van der Waals surface area contributed by atoms with Crippen molar-refractivity contribution in [2.75, 3.05) is 25.6 Å². The fourth-order valence-corrected chi connectivity index (χ4v) is 3.33. The van der Waals surface area contributed by atoms with Crippen LogP contribution in [-0.2, 0) is 17.8 Å². The maximum Gasteiger partial charge on any atom is 0.322 e. The molecule has 1 aromatic heterocycles. The molecule has 0 spiro atoms. The number of rotatable bonds is 8. The molecule has 6 heteroatoms. The Kier molecular flexibility index (Phi) is 7.33. The van der Waals surface area contributed by atoms with Crippen LogP contribution < -0.4 is 5.32 Å². The Morgan fingerprint density at radius 3 is 2.72 bits per heavy atom. The zero-order chi connectivity index (χ0) is 20.6. The molecule has 0 atom stereocenters. The number of aryl methyl sites for hydroxylation is 1. The Morgan fingerprint density at radius 1 is 1.14 bits per heavy atom. The van der Waals surface area contributed by atoms with Crippen LogP contribution in [-0.4, -0.2) is 35.8 Å². The average molecular weight is 412 g/mol. The number of carbonyl (C=O) groups is 1. The van der Waals surface area contributed by atoms with Gasteiger partial charge in [-0.3, -0.25) is 0 Å². The maximum absolute atomic E-state index is 12.9. The Balaban J connectivity index is 1.74. The number of hydrogen-bond donors (Lipinski definition) is 1. The largest absolute Gasteiger partial charge is 0.383 e. The first-order valence-corrected chi connectivity index (χ1v) is 9.93. The number of carbonyl (C=O) groups excluding carboxylic acids is 1. The molecule has 0 saturated carbocycles. The third kappa shape index (κ3) is 5.86. The predicted octanol–water partition coefficient (Wildman–Crippen LogP) is 5.18. The first-order chi connectivity index (χ1) is 14.1. The SMILES string of the molecule is COCCN(Cc1cccn1Cc1ccccc1Cl)C(=O)Nc1cccc(C)c1. The Hall–Kier alpha value is -2.76. The van der Waals surface area contributed by atoms with Crippen molar-refractivity contribution in [3.05, 3.63) is 88.7 Å². The normalized spacial score (nSPS) is 10.7. The summed E-state index contributed by atoms with van der Waals surface area (Å²) in [5.74, 6) is 0. The van der Waals surface area contributed by atoms with Crippen LogP contribution in [0.1, 0.15) is 16.8 Å². The molecule has 0 bridgehead atoms. The minimum atomic E-state index is -0.154. The van der Waals surface area contributed by atoms with E-state index in [2.05, 4.69) is 9.88 Å². The van der Waals surface area contributed by atoms with Gasteiger partial charge in [0.05, 0.1) is 13.2 Å². The van der Waals surface area contributed by atoms with Crippen LogP contribution in [0.3, 0.4) is 0 Å². The summed E-state index contributed by atoms with van der Waals surface area (Å²) in [7, 11) is 1.64. The van der Waals surface area contributed by atoms with E-state index in [1.54, 1.807) is 12.0 Å². The van der Waals surface area contributed by atoms with Gasteiger partial charge >= 0.3 is 6.03 Å². The van der Waals surface area contributed by atoms with Gasteiger partial charge in [0.15, 0.2) is 0 Å². The van der Waals surface area contributed by atoms with Crippen molar-refractivity contribution in [2.24, 2.45) is 0 Å². The fourth-order valence-electron chi connectivity index (χ4n) is 3.13. The molecule has 2 aromatic carbocycles. The van der Waals surface area contributed by atoms with Crippen LogP contribution in [0.4, 0.5) is 10.5 Å². The molecule has 5 nitrogen and oxygen atoms in total. The molecule has 0 unspecified atom stereocenters. The van der Waals surface area contributed by atoms with E-state index in [0.29, 0.717) is 26.2 Å². The first-order valence-electron chi connectivity index (χ1n) is 9.56. The molecule has 0 aliphatic carbocycles. The number of ether oxygens (including phenoxy) is 1. The van der Waals surface area contributed by atoms with E-state index in [9.17, 15) is 4.79 Å². The molecule has 0 aliphatic rings. The molecule has 0 radical (unpaired) electrons. The number of amides is 2. The van der Waals surface area contributed by atoms with Crippen LogP contribution in [0.5, 0.6) is 0 Å². The molecule has 3 rings (SSSR count). The average Bonchev–Trinajstić information content (AvgIpc) is 3.13. The zero-order valence-corrected chi connectivity index (χ0v) is 17.5. The summed E-state index contributed by atoms with van der Waals surface area (Å²) >= 11 is 6.32. The van der Waals surface area contributed by atoms with Gasteiger partial charge in [0.25, 0.3) is 0 Å². The van der Waals surface area contributed by atoms with Gasteiger partial charge in [-0.2, -0.15) is 0 Å². The monoisotopic (exact) mass is 411 g/mol. The van der Waals surface area contributed by atoms with Gasteiger partial charge in [-0.25, -0.2) is 4.79 Å². The summed E-state index contributed by atoms with van der Waals surface area (Å²) in [6.07, 6.45) is 2.01. The number of benzene rings is 2. The van der Waals surface area contributed by atoms with Crippen LogP contribution in [0, 0.1) is 6.92 Å². The van der Waals surface area contributed by atoms with Gasteiger partial charge in [0, 0.05) is 42.8 Å². The topological polar surface area (TPSA) is 46.5 Å². The quantitative estimate of drug-likeness (QED) is 0.555. The van der Waals surface area contributed by atoms with Gasteiger partial charge in [-0.15, -0.1) is 0 Å². The number of urea groups is 1. The number of methoxy groups -OCH3 is 1. The highest BCUT2D eigenvalue weighted by atomic mass is 35.5. The van der Waals surface area contributed by atoms with Crippen LogP contribution in [0.15, 0.2) is 66.9 Å². The van der Waals surface area contributed by atoms with Crippen LogP contribution in [0.2, 0.25) is 5.02 Å². The number of halogens is 1. The molecule has 0 fully saturated rings. The molecule has 2 amide bonds. The minimum Gasteiger partial charge on any atom is -0.383 e.